The summed E-state index contributed by atoms with van der Waals surface area (Å²) >= 11 is 0. The van der Waals surface area contributed by atoms with Crippen LogP contribution in [0.15, 0.2) is 34.4 Å². The van der Waals surface area contributed by atoms with Gasteiger partial charge in [0.1, 0.15) is 11.2 Å². The highest BCUT2D eigenvalue weighted by Crippen LogP contribution is 2.16. The maximum absolute atomic E-state index is 10.3. The largest absolute Gasteiger partial charge is 0.349 e. The van der Waals surface area contributed by atoms with Gasteiger partial charge in [-0.2, -0.15) is 5.26 Å². The van der Waals surface area contributed by atoms with E-state index >= 15 is 0 Å². The molecule has 1 aromatic rings. The van der Waals surface area contributed by atoms with Crippen molar-refractivity contribution in [2.45, 2.75) is 0 Å². The Morgan fingerprint density at radius 3 is 3.05 bits per heavy atom. The van der Waals surface area contributed by atoms with Crippen molar-refractivity contribution in [1.82, 2.24) is 10.2 Å². The van der Waals surface area contributed by atoms with Gasteiger partial charge in [-0.1, -0.05) is 12.1 Å². The number of benzene rings is 1. The molecule has 1 heterocycles. The Hall–Kier alpha value is -2.95. The highest BCUT2D eigenvalue weighted by molar-refractivity contribution is 5.92. The van der Waals surface area contributed by atoms with Gasteiger partial charge >= 0.3 is 0 Å². The summed E-state index contributed by atoms with van der Waals surface area (Å²) in [5.74, 6) is 0.142. The molecule has 2 rings (SSSR count). The van der Waals surface area contributed by atoms with Gasteiger partial charge < -0.3 is 5.32 Å². The number of nitriles is 1. The van der Waals surface area contributed by atoms with Crippen LogP contribution in [0.25, 0.3) is 0 Å². The number of hydrazone groups is 1. The second kappa shape index (κ2) is 5.59. The van der Waals surface area contributed by atoms with Gasteiger partial charge in [-0.25, -0.2) is 15.1 Å². The number of hydrogen-bond acceptors (Lipinski definition) is 4. The molecule has 19 heavy (non-hydrogen) atoms. The number of aliphatic imine (C=N–C) groups is 1. The van der Waals surface area contributed by atoms with Crippen molar-refractivity contribution in [2.24, 2.45) is 10.1 Å². The van der Waals surface area contributed by atoms with Gasteiger partial charge in [0.25, 0.3) is 5.96 Å². The van der Waals surface area contributed by atoms with Crippen LogP contribution >= 0.6 is 0 Å². The zero-order valence-corrected chi connectivity index (χ0v) is 9.85. The zero-order chi connectivity index (χ0) is 13.7. The fourth-order valence-electron chi connectivity index (χ4n) is 1.59. The molecule has 96 valence electrons. The van der Waals surface area contributed by atoms with E-state index in [1.54, 1.807) is 24.3 Å². The molecule has 0 unspecified atom stereocenters. The van der Waals surface area contributed by atoms with Crippen LogP contribution in [0.1, 0.15) is 5.56 Å². The molecule has 8 nitrogen and oxygen atoms in total. The summed E-state index contributed by atoms with van der Waals surface area (Å²) in [7, 11) is 0. The number of nitro groups is 1. The van der Waals surface area contributed by atoms with Gasteiger partial charge in [0, 0.05) is 13.1 Å². The van der Waals surface area contributed by atoms with E-state index < -0.39 is 5.03 Å². The maximum atomic E-state index is 10.3. The standard InChI is InChI=1S/C11H10N6O2/c12-7-9-3-1-2-4-10(9)14-8-16-6-5-13-11(16)15-17(18)19/h1-4,8H,5-6H2,(H,13,15). The number of rotatable bonds is 3. The minimum Gasteiger partial charge on any atom is -0.349 e. The van der Waals surface area contributed by atoms with Gasteiger partial charge in [-0.15, -0.1) is 0 Å². The Labute approximate surface area is 108 Å². The van der Waals surface area contributed by atoms with Crippen molar-refractivity contribution in [2.75, 3.05) is 13.1 Å². The molecule has 0 saturated carbocycles. The van der Waals surface area contributed by atoms with E-state index in [-0.39, 0.29) is 5.96 Å². The van der Waals surface area contributed by atoms with E-state index in [1.165, 1.54) is 11.2 Å². The normalized spacial score (nSPS) is 16.6. The summed E-state index contributed by atoms with van der Waals surface area (Å²) in [4.78, 5) is 16.0. The Balaban J connectivity index is 2.19. The topological polar surface area (TPSA) is 107 Å². The highest BCUT2D eigenvalue weighted by atomic mass is 16.7. The molecule has 0 aromatic heterocycles. The van der Waals surface area contributed by atoms with Crippen molar-refractivity contribution < 1.29 is 5.03 Å². The second-order valence-electron chi connectivity index (χ2n) is 3.66. The predicted octanol–water partition coefficient (Wildman–Crippen LogP) is 0.671. The lowest BCUT2D eigenvalue weighted by Gasteiger charge is -2.07. The van der Waals surface area contributed by atoms with E-state index in [0.717, 1.165) is 0 Å². The molecule has 0 radical (unpaired) electrons. The molecule has 1 aliphatic rings. The van der Waals surface area contributed by atoms with Gasteiger partial charge in [-0.05, 0) is 12.1 Å². The molecule has 1 N–H and O–H groups in total. The van der Waals surface area contributed by atoms with Crippen molar-refractivity contribution in [1.29, 1.82) is 5.26 Å². The van der Waals surface area contributed by atoms with E-state index in [2.05, 4.69) is 15.4 Å². The molecule has 0 spiro atoms. The lowest BCUT2D eigenvalue weighted by Crippen LogP contribution is -2.29. The van der Waals surface area contributed by atoms with Gasteiger partial charge in [0.05, 0.1) is 17.6 Å². The van der Waals surface area contributed by atoms with Crippen LogP contribution in [0.3, 0.4) is 0 Å². The first-order valence-corrected chi connectivity index (χ1v) is 5.47. The summed E-state index contributed by atoms with van der Waals surface area (Å²) in [6, 6.07) is 8.89. The van der Waals surface area contributed by atoms with Crippen molar-refractivity contribution in [3.8, 4) is 6.07 Å². The average molecular weight is 258 g/mol. The first-order chi connectivity index (χ1) is 9.20. The highest BCUT2D eigenvalue weighted by Gasteiger charge is 2.19. The Morgan fingerprint density at radius 2 is 2.32 bits per heavy atom. The molecule has 0 aliphatic carbocycles. The van der Waals surface area contributed by atoms with Crippen LogP contribution in [0.5, 0.6) is 0 Å². The van der Waals surface area contributed by atoms with Crippen molar-refractivity contribution in [3.63, 3.8) is 0 Å². The first-order valence-electron chi connectivity index (χ1n) is 5.47. The Morgan fingerprint density at radius 1 is 1.53 bits per heavy atom. The zero-order valence-electron chi connectivity index (χ0n) is 9.85. The fraction of sp³-hybridized carbons (Fsp3) is 0.182. The third-order valence-corrected chi connectivity index (χ3v) is 2.44. The molecule has 1 aliphatic heterocycles. The van der Waals surface area contributed by atoms with Crippen LogP contribution < -0.4 is 5.32 Å². The summed E-state index contributed by atoms with van der Waals surface area (Å²) in [5.41, 5.74) is 0.955. The molecule has 0 bridgehead atoms. The molecular weight excluding hydrogens is 248 g/mol. The summed E-state index contributed by atoms with van der Waals surface area (Å²) in [5, 5.41) is 24.5. The molecule has 0 atom stereocenters. The van der Waals surface area contributed by atoms with Gasteiger partial charge in [0.15, 0.2) is 5.03 Å². The molecule has 8 heteroatoms. The van der Waals surface area contributed by atoms with Gasteiger partial charge in [0.2, 0.25) is 0 Å². The third-order valence-electron chi connectivity index (χ3n) is 2.44. The maximum Gasteiger partial charge on any atom is 0.276 e. The summed E-state index contributed by atoms with van der Waals surface area (Å²) in [6.07, 6.45) is 1.43. The minimum atomic E-state index is -0.766. The number of para-hydroxylation sites is 1. The van der Waals surface area contributed by atoms with E-state index in [4.69, 9.17) is 5.26 Å². The molecule has 0 amide bonds. The van der Waals surface area contributed by atoms with Crippen LogP contribution in [-0.2, 0) is 0 Å². The number of guanidine groups is 1. The third kappa shape index (κ3) is 3.04. The number of hydrogen-bond donors (Lipinski definition) is 1. The molecule has 1 aromatic carbocycles. The summed E-state index contributed by atoms with van der Waals surface area (Å²) in [6.45, 7) is 1.09. The Bertz CT molecular complexity index is 589. The van der Waals surface area contributed by atoms with Crippen LogP contribution in [-0.4, -0.2) is 35.3 Å². The second-order valence-corrected chi connectivity index (χ2v) is 3.66. The monoisotopic (exact) mass is 258 g/mol. The molecule has 1 fully saturated rings. The van der Waals surface area contributed by atoms with Crippen LogP contribution in [0, 0.1) is 21.4 Å². The molecular formula is C11H10N6O2. The SMILES string of the molecule is N#Cc1ccccc1N=CN1CCN/C1=N/[N+](=O)[O-]. The average Bonchev–Trinajstić information content (AvgIpc) is 2.83. The van der Waals surface area contributed by atoms with E-state index in [0.29, 0.717) is 24.3 Å². The lowest BCUT2D eigenvalue weighted by molar-refractivity contribution is -0.485. The number of nitrogens with zero attached hydrogens (tertiary/aromatic N) is 5. The molecule has 1 saturated heterocycles. The summed E-state index contributed by atoms with van der Waals surface area (Å²) < 4.78 is 0. The van der Waals surface area contributed by atoms with E-state index in [1.807, 2.05) is 6.07 Å². The predicted molar refractivity (Wildman–Crippen MR) is 68.4 cm³/mol. The quantitative estimate of drug-likeness (QED) is 0.371. The van der Waals surface area contributed by atoms with Crippen LogP contribution in [0.4, 0.5) is 5.69 Å². The van der Waals surface area contributed by atoms with E-state index in [9.17, 15) is 10.1 Å². The Kier molecular flexibility index (Phi) is 3.68. The first kappa shape index (κ1) is 12.5. The smallest absolute Gasteiger partial charge is 0.276 e. The number of nitrogens with one attached hydrogen (secondary N) is 1. The van der Waals surface area contributed by atoms with Crippen molar-refractivity contribution in [3.05, 3.63) is 39.9 Å². The van der Waals surface area contributed by atoms with Crippen LogP contribution in [0.2, 0.25) is 0 Å². The van der Waals surface area contributed by atoms with Gasteiger partial charge in [-0.3, -0.25) is 4.90 Å². The van der Waals surface area contributed by atoms with Crippen molar-refractivity contribution >= 4 is 18.0 Å². The lowest BCUT2D eigenvalue weighted by atomic mass is 10.2. The fourth-order valence-corrected chi connectivity index (χ4v) is 1.59. The minimum absolute atomic E-state index is 0.142.